The number of pyridine rings is 1. The van der Waals surface area contributed by atoms with Crippen molar-refractivity contribution in [1.82, 2.24) is 4.98 Å². The molecule has 0 spiro atoms. The zero-order chi connectivity index (χ0) is 15.6. The summed E-state index contributed by atoms with van der Waals surface area (Å²) in [6.45, 7) is 1.67. The lowest BCUT2D eigenvalue weighted by molar-refractivity contribution is -0.385. The molecule has 1 amide bonds. The second kappa shape index (κ2) is 5.61. The molecule has 6 nitrogen and oxygen atoms in total. The van der Waals surface area contributed by atoms with Gasteiger partial charge in [-0.1, -0.05) is 0 Å². The molecule has 0 fully saturated rings. The topological polar surface area (TPSA) is 85.1 Å². The normalized spacial score (nSPS) is 10.2. The van der Waals surface area contributed by atoms with E-state index in [0.717, 1.165) is 0 Å². The average Bonchev–Trinajstić information content (AvgIpc) is 2.43. The Labute approximate surface area is 117 Å². The second-order valence-electron chi connectivity index (χ2n) is 4.19. The maximum Gasteiger partial charge on any atom is 0.285 e. The molecule has 0 aliphatic heterocycles. The van der Waals surface area contributed by atoms with Crippen molar-refractivity contribution in [2.24, 2.45) is 0 Å². The predicted octanol–water partition coefficient (Wildman–Crippen LogP) is 2.83. The maximum atomic E-state index is 13.2. The van der Waals surface area contributed by atoms with E-state index < -0.39 is 33.7 Å². The van der Waals surface area contributed by atoms with Crippen LogP contribution in [0, 0.1) is 28.7 Å². The first-order chi connectivity index (χ1) is 9.90. The van der Waals surface area contributed by atoms with Crippen molar-refractivity contribution in [3.05, 3.63) is 63.5 Å². The summed E-state index contributed by atoms with van der Waals surface area (Å²) in [6, 6.07) is 2.36. The average molecular weight is 293 g/mol. The zero-order valence-corrected chi connectivity index (χ0v) is 10.8. The summed E-state index contributed by atoms with van der Waals surface area (Å²) < 4.78 is 26.3. The summed E-state index contributed by atoms with van der Waals surface area (Å²) in [5.74, 6) is -3.63. The van der Waals surface area contributed by atoms with Gasteiger partial charge in [0.25, 0.3) is 11.6 Å². The number of halogens is 2. The minimum atomic E-state index is -1.39. The zero-order valence-electron chi connectivity index (χ0n) is 10.8. The highest BCUT2D eigenvalue weighted by Gasteiger charge is 2.24. The van der Waals surface area contributed by atoms with Gasteiger partial charge in [0.2, 0.25) is 0 Å². The molecule has 0 saturated carbocycles. The Hall–Kier alpha value is -2.90. The number of benzene rings is 1. The molecule has 108 valence electrons. The number of nitrogens with one attached hydrogen (secondary N) is 1. The van der Waals surface area contributed by atoms with Crippen LogP contribution in [-0.2, 0) is 0 Å². The quantitative estimate of drug-likeness (QED) is 0.696. The minimum absolute atomic E-state index is 0.369. The molecular weight excluding hydrogens is 284 g/mol. The van der Waals surface area contributed by atoms with Gasteiger partial charge in [-0.15, -0.1) is 0 Å². The number of hydrogen-bond acceptors (Lipinski definition) is 4. The molecule has 0 aliphatic rings. The third-order valence-electron chi connectivity index (χ3n) is 2.75. The standard InChI is InChI=1S/C13H9F2N3O3/c1-7-6-16-3-2-11(7)17-13(19)8-4-9(14)10(15)5-12(8)18(20)21/h2-6H,1H3,(H,16,17,19). The highest BCUT2D eigenvalue weighted by molar-refractivity contribution is 6.07. The molecule has 0 atom stereocenters. The molecule has 0 unspecified atom stereocenters. The fraction of sp³-hybridized carbons (Fsp3) is 0.0769. The number of aryl methyl sites for hydroxylation is 1. The van der Waals surface area contributed by atoms with Gasteiger partial charge in [0.05, 0.1) is 11.0 Å². The number of carbonyl (C=O) groups is 1. The Morgan fingerprint density at radius 2 is 2.00 bits per heavy atom. The molecule has 1 aromatic carbocycles. The highest BCUT2D eigenvalue weighted by Crippen LogP contribution is 2.24. The number of rotatable bonds is 3. The molecular formula is C13H9F2N3O3. The van der Waals surface area contributed by atoms with Crippen LogP contribution in [0.5, 0.6) is 0 Å². The van der Waals surface area contributed by atoms with Gasteiger partial charge < -0.3 is 5.32 Å². The Morgan fingerprint density at radius 3 is 2.62 bits per heavy atom. The van der Waals surface area contributed by atoms with Crippen molar-refractivity contribution in [3.8, 4) is 0 Å². The number of anilines is 1. The molecule has 0 saturated heterocycles. The van der Waals surface area contributed by atoms with E-state index in [0.29, 0.717) is 23.4 Å². The Bertz CT molecular complexity index is 735. The summed E-state index contributed by atoms with van der Waals surface area (Å²) in [4.78, 5) is 25.7. The first kappa shape index (κ1) is 14.5. The highest BCUT2D eigenvalue weighted by atomic mass is 19.2. The van der Waals surface area contributed by atoms with E-state index in [4.69, 9.17) is 0 Å². The second-order valence-corrected chi connectivity index (χ2v) is 4.19. The molecule has 0 aliphatic carbocycles. The van der Waals surface area contributed by atoms with Crippen LogP contribution in [-0.4, -0.2) is 15.8 Å². The largest absolute Gasteiger partial charge is 0.321 e. The number of amides is 1. The van der Waals surface area contributed by atoms with Gasteiger partial charge in [-0.2, -0.15) is 0 Å². The van der Waals surface area contributed by atoms with Gasteiger partial charge >= 0.3 is 0 Å². The van der Waals surface area contributed by atoms with Gasteiger partial charge in [-0.3, -0.25) is 19.9 Å². The number of nitro groups is 1. The van der Waals surface area contributed by atoms with Gasteiger partial charge in [0.15, 0.2) is 11.6 Å². The number of nitro benzene ring substituents is 1. The van der Waals surface area contributed by atoms with Crippen molar-refractivity contribution in [1.29, 1.82) is 0 Å². The van der Waals surface area contributed by atoms with Crippen molar-refractivity contribution in [3.63, 3.8) is 0 Å². The van der Waals surface area contributed by atoms with Crippen LogP contribution in [0.3, 0.4) is 0 Å². The first-order valence-electron chi connectivity index (χ1n) is 5.75. The number of carbonyl (C=O) groups excluding carboxylic acids is 1. The fourth-order valence-corrected chi connectivity index (χ4v) is 1.67. The third kappa shape index (κ3) is 2.99. The molecule has 1 aromatic heterocycles. The van der Waals surface area contributed by atoms with Gasteiger partial charge in [-0.05, 0) is 24.6 Å². The summed E-state index contributed by atoms with van der Waals surface area (Å²) in [5, 5.41) is 13.2. The molecule has 8 heteroatoms. The lowest BCUT2D eigenvalue weighted by atomic mass is 10.1. The summed E-state index contributed by atoms with van der Waals surface area (Å²) >= 11 is 0. The first-order valence-corrected chi connectivity index (χ1v) is 5.75. The van der Waals surface area contributed by atoms with Crippen LogP contribution in [0.2, 0.25) is 0 Å². The smallest absolute Gasteiger partial charge is 0.285 e. The molecule has 21 heavy (non-hydrogen) atoms. The maximum absolute atomic E-state index is 13.2. The predicted molar refractivity (Wildman–Crippen MR) is 69.9 cm³/mol. The van der Waals surface area contributed by atoms with Crippen LogP contribution < -0.4 is 5.32 Å². The Balaban J connectivity index is 2.42. The van der Waals surface area contributed by atoms with E-state index in [1.54, 1.807) is 6.92 Å². The fourth-order valence-electron chi connectivity index (χ4n) is 1.67. The molecule has 1 N–H and O–H groups in total. The van der Waals surface area contributed by atoms with Crippen LogP contribution in [0.25, 0.3) is 0 Å². The van der Waals surface area contributed by atoms with E-state index in [-0.39, 0.29) is 0 Å². The minimum Gasteiger partial charge on any atom is -0.321 e. The van der Waals surface area contributed by atoms with Crippen molar-refractivity contribution in [2.45, 2.75) is 6.92 Å². The summed E-state index contributed by atoms with van der Waals surface area (Å²) in [5.41, 5.74) is -0.377. The van der Waals surface area contributed by atoms with Crippen molar-refractivity contribution in [2.75, 3.05) is 5.32 Å². The van der Waals surface area contributed by atoms with Crippen LogP contribution in [0.1, 0.15) is 15.9 Å². The molecule has 2 aromatic rings. The molecule has 0 radical (unpaired) electrons. The SMILES string of the molecule is Cc1cnccc1NC(=O)c1cc(F)c(F)cc1[N+](=O)[O-]. The van der Waals surface area contributed by atoms with E-state index in [2.05, 4.69) is 10.3 Å². The molecule has 1 heterocycles. The van der Waals surface area contributed by atoms with Crippen LogP contribution in [0.4, 0.5) is 20.2 Å². The monoisotopic (exact) mass is 293 g/mol. The number of nitrogens with zero attached hydrogens (tertiary/aromatic N) is 2. The lowest BCUT2D eigenvalue weighted by Gasteiger charge is -2.08. The number of hydrogen-bond donors (Lipinski definition) is 1. The van der Waals surface area contributed by atoms with Gasteiger partial charge in [0.1, 0.15) is 5.56 Å². The number of aromatic nitrogens is 1. The van der Waals surface area contributed by atoms with E-state index >= 15 is 0 Å². The summed E-state index contributed by atoms with van der Waals surface area (Å²) in [6.07, 6.45) is 2.90. The van der Waals surface area contributed by atoms with Crippen LogP contribution >= 0.6 is 0 Å². The Kier molecular flexibility index (Phi) is 3.88. The van der Waals surface area contributed by atoms with Crippen molar-refractivity contribution >= 4 is 17.3 Å². The molecule has 0 bridgehead atoms. The Morgan fingerprint density at radius 1 is 1.33 bits per heavy atom. The van der Waals surface area contributed by atoms with Crippen LogP contribution in [0.15, 0.2) is 30.6 Å². The summed E-state index contributed by atoms with van der Waals surface area (Å²) in [7, 11) is 0. The van der Waals surface area contributed by atoms with E-state index in [1.165, 1.54) is 18.5 Å². The van der Waals surface area contributed by atoms with Crippen molar-refractivity contribution < 1.29 is 18.5 Å². The third-order valence-corrected chi connectivity index (χ3v) is 2.75. The van der Waals surface area contributed by atoms with Gasteiger partial charge in [-0.25, -0.2) is 8.78 Å². The van der Waals surface area contributed by atoms with Gasteiger partial charge in [0, 0.05) is 18.1 Å². The molecule has 2 rings (SSSR count). The lowest BCUT2D eigenvalue weighted by Crippen LogP contribution is -2.15. The van der Waals surface area contributed by atoms with E-state index in [1.807, 2.05) is 0 Å². The van der Waals surface area contributed by atoms with E-state index in [9.17, 15) is 23.7 Å².